The van der Waals surface area contributed by atoms with Crippen LogP contribution < -0.4 is 10.6 Å². The smallest absolute Gasteiger partial charge is 0.269 e. The number of carbonyl (C=O) groups excluding carboxylic acids is 1. The van der Waals surface area contributed by atoms with Crippen LogP contribution in [0.5, 0.6) is 0 Å². The molecule has 35 heavy (non-hydrogen) atoms. The Kier molecular flexibility index (Phi) is 6.80. The van der Waals surface area contributed by atoms with Gasteiger partial charge in [0.2, 0.25) is 0 Å². The van der Waals surface area contributed by atoms with Crippen LogP contribution in [0.25, 0.3) is 0 Å². The summed E-state index contributed by atoms with van der Waals surface area (Å²) < 4.78 is 1.11. The molecular formula is C26H28N4O3S2. The Labute approximate surface area is 213 Å². The van der Waals surface area contributed by atoms with Crippen LogP contribution in [-0.4, -0.2) is 16.5 Å². The number of nitriles is 1. The first-order valence-corrected chi connectivity index (χ1v) is 13.4. The molecule has 1 atom stereocenters. The van der Waals surface area contributed by atoms with Gasteiger partial charge in [-0.05, 0) is 47.8 Å². The Bertz CT molecular complexity index is 1300. The maximum absolute atomic E-state index is 13.7. The number of anilines is 1. The van der Waals surface area contributed by atoms with Crippen LogP contribution in [0.1, 0.15) is 56.9 Å². The molecule has 182 valence electrons. The highest BCUT2D eigenvalue weighted by Crippen LogP contribution is 2.52. The molecule has 2 heterocycles. The number of nitro benzene ring substituents is 1. The van der Waals surface area contributed by atoms with Gasteiger partial charge >= 0.3 is 0 Å². The number of allylic oxidation sites excluding steroid dienone is 3. The van der Waals surface area contributed by atoms with E-state index in [1.807, 2.05) is 0 Å². The number of aryl methyl sites for hydroxylation is 1. The van der Waals surface area contributed by atoms with Crippen molar-refractivity contribution < 1.29 is 9.72 Å². The Hall–Kier alpha value is -3.09. The largest absolute Gasteiger partial charge is 0.384 e. The maximum atomic E-state index is 13.7. The van der Waals surface area contributed by atoms with E-state index in [1.165, 1.54) is 17.0 Å². The van der Waals surface area contributed by atoms with Gasteiger partial charge in [0.15, 0.2) is 5.78 Å². The molecule has 0 saturated heterocycles. The minimum atomic E-state index is -0.515. The van der Waals surface area contributed by atoms with Gasteiger partial charge in [0, 0.05) is 40.4 Å². The van der Waals surface area contributed by atoms with Crippen molar-refractivity contribution in [2.45, 2.75) is 57.1 Å². The number of nitro groups is 1. The average molecular weight is 509 g/mol. The Morgan fingerprint density at radius 2 is 1.97 bits per heavy atom. The monoisotopic (exact) mass is 508 g/mol. The number of nitrogens with zero attached hydrogens (tertiary/aromatic N) is 3. The lowest BCUT2D eigenvalue weighted by atomic mass is 9.69. The van der Waals surface area contributed by atoms with E-state index in [9.17, 15) is 20.2 Å². The molecule has 2 aromatic rings. The molecule has 0 amide bonds. The lowest BCUT2D eigenvalue weighted by molar-refractivity contribution is -0.384. The van der Waals surface area contributed by atoms with E-state index in [4.69, 9.17) is 5.73 Å². The van der Waals surface area contributed by atoms with E-state index < -0.39 is 10.8 Å². The summed E-state index contributed by atoms with van der Waals surface area (Å²) in [4.78, 5) is 27.4. The van der Waals surface area contributed by atoms with Gasteiger partial charge in [0.25, 0.3) is 5.69 Å². The topological polar surface area (TPSA) is 113 Å². The molecule has 1 aliphatic carbocycles. The highest BCUT2D eigenvalue weighted by Gasteiger charge is 2.45. The van der Waals surface area contributed by atoms with Gasteiger partial charge in [0.05, 0.1) is 26.7 Å². The molecule has 0 unspecified atom stereocenters. The van der Waals surface area contributed by atoms with Crippen LogP contribution in [0, 0.1) is 26.9 Å². The summed E-state index contributed by atoms with van der Waals surface area (Å²) in [5, 5.41) is 21.5. The summed E-state index contributed by atoms with van der Waals surface area (Å²) in [6.45, 7) is 8.29. The van der Waals surface area contributed by atoms with Crippen LogP contribution >= 0.6 is 23.1 Å². The van der Waals surface area contributed by atoms with Crippen molar-refractivity contribution in [3.8, 4) is 6.07 Å². The van der Waals surface area contributed by atoms with Gasteiger partial charge in [-0.2, -0.15) is 5.26 Å². The first-order chi connectivity index (χ1) is 16.6. The second-order valence-corrected chi connectivity index (χ2v) is 12.2. The molecule has 0 bridgehead atoms. The van der Waals surface area contributed by atoms with Crippen LogP contribution in [0.4, 0.5) is 11.4 Å². The summed E-state index contributed by atoms with van der Waals surface area (Å²) in [7, 11) is 0. The number of Topliss-reactive ketones (excluding diaryl/α,β-unsaturated/α-hetero) is 1. The number of benzene rings is 1. The van der Waals surface area contributed by atoms with Gasteiger partial charge in [0.1, 0.15) is 5.82 Å². The van der Waals surface area contributed by atoms with E-state index in [0.717, 1.165) is 27.6 Å². The summed E-state index contributed by atoms with van der Waals surface area (Å²) in [6, 6.07) is 10.5. The second-order valence-electron chi connectivity index (χ2n) is 9.50. The second kappa shape index (κ2) is 9.51. The Balaban J connectivity index is 1.98. The van der Waals surface area contributed by atoms with Gasteiger partial charge in [-0.25, -0.2) is 0 Å². The quantitative estimate of drug-likeness (QED) is 0.278. The predicted molar refractivity (Wildman–Crippen MR) is 140 cm³/mol. The average Bonchev–Trinajstić information content (AvgIpc) is 3.20. The Morgan fingerprint density at radius 1 is 1.29 bits per heavy atom. The van der Waals surface area contributed by atoms with Crippen molar-refractivity contribution in [2.75, 3.05) is 10.7 Å². The molecule has 1 aromatic heterocycles. The molecule has 0 fully saturated rings. The van der Waals surface area contributed by atoms with Crippen molar-refractivity contribution in [2.24, 2.45) is 11.1 Å². The number of rotatable bonds is 6. The maximum Gasteiger partial charge on any atom is 0.269 e. The number of thiophene rings is 1. The standard InChI is InChI=1S/C26H28N4O3S2/c1-5-17-11-18(25(35-17)34-6-2)22-19(14-27)24(28)29(15-7-9-16(10-8-15)30(32)33)20-12-26(3,4)13-21(31)23(20)22/h7-11,22H,5-6,12-13,28H2,1-4H3/t22-/m1/s1. The number of carbonyl (C=O) groups is 1. The SMILES string of the molecule is CCSc1sc(CC)cc1[C@@H]1C(C#N)=C(N)N(c2ccc([N+](=O)[O-])cc2)C2=C1C(=O)CC(C)(C)C2. The predicted octanol–water partition coefficient (Wildman–Crippen LogP) is 6.27. The third-order valence-electron chi connectivity index (χ3n) is 6.41. The van der Waals surface area contributed by atoms with Crippen LogP contribution in [0.15, 0.2) is 57.2 Å². The number of thioether (sulfide) groups is 1. The normalized spacial score (nSPS) is 19.6. The first kappa shape index (κ1) is 25.0. The third kappa shape index (κ3) is 4.48. The fraction of sp³-hybridized carbons (Fsp3) is 0.385. The van der Waals surface area contributed by atoms with Crippen LogP contribution in [-0.2, 0) is 11.2 Å². The molecule has 0 radical (unpaired) electrons. The van der Waals surface area contributed by atoms with Crippen LogP contribution in [0.3, 0.4) is 0 Å². The molecule has 9 heteroatoms. The zero-order valence-corrected chi connectivity index (χ0v) is 21.9. The minimum Gasteiger partial charge on any atom is -0.384 e. The molecule has 1 aliphatic heterocycles. The van der Waals surface area contributed by atoms with Gasteiger partial charge in [-0.15, -0.1) is 23.1 Å². The molecule has 1 aromatic carbocycles. The van der Waals surface area contributed by atoms with Gasteiger partial charge in [-0.1, -0.05) is 27.7 Å². The van der Waals surface area contributed by atoms with Gasteiger partial charge in [-0.3, -0.25) is 19.8 Å². The number of non-ortho nitro benzene ring substituents is 1. The van der Waals surface area contributed by atoms with Crippen molar-refractivity contribution >= 4 is 40.3 Å². The number of nitrogens with two attached hydrogens (primary N) is 1. The fourth-order valence-electron chi connectivity index (χ4n) is 4.90. The summed E-state index contributed by atoms with van der Waals surface area (Å²) in [5.74, 6) is 0.655. The third-order valence-corrected chi connectivity index (χ3v) is 8.89. The number of hydrogen-bond acceptors (Lipinski definition) is 8. The fourth-order valence-corrected chi connectivity index (χ4v) is 7.28. The Morgan fingerprint density at radius 3 is 2.54 bits per heavy atom. The lowest BCUT2D eigenvalue weighted by Gasteiger charge is -2.43. The molecule has 0 spiro atoms. The highest BCUT2D eigenvalue weighted by atomic mass is 32.2. The van der Waals surface area contributed by atoms with E-state index >= 15 is 0 Å². The number of ketones is 1. The molecule has 7 nitrogen and oxygen atoms in total. The summed E-state index contributed by atoms with van der Waals surface area (Å²) >= 11 is 3.43. The van der Waals surface area contributed by atoms with E-state index in [-0.39, 0.29) is 22.7 Å². The van der Waals surface area contributed by atoms with Gasteiger partial charge < -0.3 is 5.73 Å². The molecule has 4 rings (SSSR count). The lowest BCUT2D eigenvalue weighted by Crippen LogP contribution is -2.42. The van der Waals surface area contributed by atoms with Crippen molar-refractivity contribution in [1.82, 2.24) is 0 Å². The summed E-state index contributed by atoms with van der Waals surface area (Å²) in [5.41, 5.74) is 9.68. The highest BCUT2D eigenvalue weighted by molar-refractivity contribution is 8.01. The van der Waals surface area contributed by atoms with E-state index in [2.05, 4.69) is 39.8 Å². The van der Waals surface area contributed by atoms with Crippen molar-refractivity contribution in [3.05, 3.63) is 73.6 Å². The first-order valence-electron chi connectivity index (χ1n) is 11.6. The molecular weight excluding hydrogens is 480 g/mol. The van der Waals surface area contributed by atoms with Crippen molar-refractivity contribution in [3.63, 3.8) is 0 Å². The van der Waals surface area contributed by atoms with Crippen molar-refractivity contribution in [1.29, 1.82) is 5.26 Å². The van der Waals surface area contributed by atoms with Crippen LogP contribution in [0.2, 0.25) is 0 Å². The summed E-state index contributed by atoms with van der Waals surface area (Å²) in [6.07, 6.45) is 1.86. The van der Waals surface area contributed by atoms with E-state index in [0.29, 0.717) is 29.7 Å². The zero-order valence-electron chi connectivity index (χ0n) is 20.3. The minimum absolute atomic E-state index is 0.0186. The molecule has 2 N–H and O–H groups in total. The zero-order chi connectivity index (χ0) is 25.5. The number of hydrogen-bond donors (Lipinski definition) is 1. The van der Waals surface area contributed by atoms with E-state index in [1.54, 1.807) is 40.1 Å². The molecule has 0 saturated carbocycles. The molecule has 2 aliphatic rings.